The first-order chi connectivity index (χ1) is 10.7. The number of rotatable bonds is 2. The van der Waals surface area contributed by atoms with E-state index in [0.717, 1.165) is 37.6 Å². The molecule has 0 amide bonds. The van der Waals surface area contributed by atoms with Gasteiger partial charge >= 0.3 is 0 Å². The zero-order valence-corrected chi connectivity index (χ0v) is 13.3. The molecule has 4 rings (SSSR count). The number of quaternary nitrogens is 1. The van der Waals surface area contributed by atoms with Crippen LogP contribution in [-0.4, -0.2) is 37.5 Å². The van der Waals surface area contributed by atoms with Gasteiger partial charge in [-0.1, -0.05) is 12.2 Å². The summed E-state index contributed by atoms with van der Waals surface area (Å²) in [4.78, 5) is 1.61. The standard InChI is InChI=1S/C18H23NO3/c1-3-19-9-8-18-7-6-13(20)10-15(18)22-17-14(21-2)5-4-12(11-19)16(17)18/h4-7,13,15,20H,3,8-11H2,1-2H3/p+1/t13?,15-,18?/m1/s1. The molecule has 22 heavy (non-hydrogen) atoms. The van der Waals surface area contributed by atoms with Gasteiger partial charge in [-0.25, -0.2) is 0 Å². The van der Waals surface area contributed by atoms with Crippen molar-refractivity contribution in [2.75, 3.05) is 20.2 Å². The van der Waals surface area contributed by atoms with E-state index in [2.05, 4.69) is 19.1 Å². The number of nitrogens with one attached hydrogen (secondary N) is 1. The summed E-state index contributed by atoms with van der Waals surface area (Å²) in [6, 6.07) is 4.23. The SMILES string of the molecule is CC[NH+]1CCC23C=CC(O)C[C@H]2Oc2c(OC)ccc(c23)C1. The molecule has 0 radical (unpaired) electrons. The molecular formula is C18H24NO3+. The third-order valence-corrected chi connectivity index (χ3v) is 5.63. The topological polar surface area (TPSA) is 43.1 Å². The van der Waals surface area contributed by atoms with Gasteiger partial charge in [0.1, 0.15) is 12.6 Å². The van der Waals surface area contributed by atoms with Crippen molar-refractivity contribution in [1.29, 1.82) is 0 Å². The Morgan fingerprint density at radius 1 is 1.45 bits per heavy atom. The van der Waals surface area contributed by atoms with Gasteiger partial charge in [0.05, 0.1) is 31.7 Å². The van der Waals surface area contributed by atoms with Gasteiger partial charge in [0, 0.05) is 24.0 Å². The first-order valence-electron chi connectivity index (χ1n) is 8.26. The fourth-order valence-corrected chi connectivity index (χ4v) is 4.39. The summed E-state index contributed by atoms with van der Waals surface area (Å²) in [6.07, 6.45) is 5.51. The lowest BCUT2D eigenvalue weighted by molar-refractivity contribution is -0.912. The van der Waals surface area contributed by atoms with Crippen molar-refractivity contribution in [3.05, 3.63) is 35.4 Å². The Labute approximate surface area is 131 Å². The van der Waals surface area contributed by atoms with Crippen LogP contribution < -0.4 is 14.4 Å². The van der Waals surface area contributed by atoms with Crippen LogP contribution in [-0.2, 0) is 12.0 Å². The third-order valence-electron chi connectivity index (χ3n) is 5.63. The van der Waals surface area contributed by atoms with E-state index in [-0.39, 0.29) is 11.5 Å². The van der Waals surface area contributed by atoms with E-state index >= 15 is 0 Å². The first-order valence-corrected chi connectivity index (χ1v) is 8.26. The predicted molar refractivity (Wildman–Crippen MR) is 83.5 cm³/mol. The Kier molecular flexibility index (Phi) is 3.20. The predicted octanol–water partition coefficient (Wildman–Crippen LogP) is 0.823. The van der Waals surface area contributed by atoms with Crippen LogP contribution in [0.25, 0.3) is 0 Å². The summed E-state index contributed by atoms with van der Waals surface area (Å²) < 4.78 is 11.8. The molecule has 0 fully saturated rings. The molecule has 2 aliphatic heterocycles. The molecule has 4 atom stereocenters. The van der Waals surface area contributed by atoms with Crippen LogP contribution in [0.2, 0.25) is 0 Å². The molecule has 0 aromatic heterocycles. The van der Waals surface area contributed by atoms with Crippen molar-refractivity contribution < 1.29 is 19.5 Å². The van der Waals surface area contributed by atoms with Gasteiger partial charge in [0.25, 0.3) is 0 Å². The molecule has 4 nitrogen and oxygen atoms in total. The minimum Gasteiger partial charge on any atom is -0.493 e. The lowest BCUT2D eigenvalue weighted by atomic mass is 9.69. The van der Waals surface area contributed by atoms with Gasteiger partial charge in [-0.3, -0.25) is 0 Å². The summed E-state index contributed by atoms with van der Waals surface area (Å²) in [5, 5.41) is 10.0. The molecule has 0 bridgehead atoms. The quantitative estimate of drug-likeness (QED) is 0.795. The fourth-order valence-electron chi connectivity index (χ4n) is 4.39. The van der Waals surface area contributed by atoms with E-state index in [1.807, 2.05) is 12.1 Å². The minimum atomic E-state index is -0.405. The van der Waals surface area contributed by atoms with Gasteiger partial charge in [-0.05, 0) is 19.1 Å². The van der Waals surface area contributed by atoms with E-state index in [9.17, 15) is 5.11 Å². The zero-order chi connectivity index (χ0) is 15.3. The second-order valence-electron chi connectivity index (χ2n) is 6.72. The Bertz CT molecular complexity index is 627. The summed E-state index contributed by atoms with van der Waals surface area (Å²) in [7, 11) is 1.70. The second kappa shape index (κ2) is 5.00. The van der Waals surface area contributed by atoms with Crippen LogP contribution in [0.1, 0.15) is 30.9 Å². The molecule has 1 spiro atoms. The molecule has 3 unspecified atom stereocenters. The molecule has 1 aromatic rings. The monoisotopic (exact) mass is 302 g/mol. The van der Waals surface area contributed by atoms with E-state index in [1.165, 1.54) is 11.1 Å². The summed E-state index contributed by atoms with van der Waals surface area (Å²) in [5.41, 5.74) is 2.59. The Morgan fingerprint density at radius 2 is 2.32 bits per heavy atom. The van der Waals surface area contributed by atoms with Gasteiger partial charge in [0.15, 0.2) is 11.5 Å². The highest BCUT2D eigenvalue weighted by Crippen LogP contribution is 2.54. The highest BCUT2D eigenvalue weighted by Gasteiger charge is 2.53. The highest BCUT2D eigenvalue weighted by atomic mass is 16.5. The number of aliphatic hydroxyl groups excluding tert-OH is 1. The normalized spacial score (nSPS) is 35.3. The molecule has 3 aliphatic rings. The van der Waals surface area contributed by atoms with Gasteiger partial charge < -0.3 is 19.5 Å². The molecule has 2 heterocycles. The summed E-state index contributed by atoms with van der Waals surface area (Å²) >= 11 is 0. The molecule has 1 aromatic carbocycles. The van der Waals surface area contributed by atoms with Gasteiger partial charge in [-0.2, -0.15) is 0 Å². The lowest BCUT2D eigenvalue weighted by Gasteiger charge is -2.35. The van der Waals surface area contributed by atoms with Crippen LogP contribution in [0.4, 0.5) is 0 Å². The smallest absolute Gasteiger partial charge is 0.166 e. The van der Waals surface area contributed by atoms with Crippen molar-refractivity contribution in [3.8, 4) is 11.5 Å². The van der Waals surface area contributed by atoms with Crippen LogP contribution in [0.5, 0.6) is 11.5 Å². The van der Waals surface area contributed by atoms with Crippen LogP contribution in [0.15, 0.2) is 24.3 Å². The largest absolute Gasteiger partial charge is 0.493 e. The average Bonchev–Trinajstić information content (AvgIpc) is 2.76. The molecule has 0 saturated carbocycles. The third kappa shape index (κ3) is 1.83. The number of benzene rings is 1. The fraction of sp³-hybridized carbons (Fsp3) is 0.556. The zero-order valence-electron chi connectivity index (χ0n) is 13.3. The van der Waals surface area contributed by atoms with Crippen molar-refractivity contribution in [1.82, 2.24) is 0 Å². The number of aliphatic hydroxyl groups is 1. The van der Waals surface area contributed by atoms with Crippen LogP contribution >= 0.6 is 0 Å². The average molecular weight is 302 g/mol. The highest BCUT2D eigenvalue weighted by molar-refractivity contribution is 5.60. The Hall–Kier alpha value is -1.52. The summed E-state index contributed by atoms with van der Waals surface area (Å²) in [6.45, 7) is 5.55. The Morgan fingerprint density at radius 3 is 3.09 bits per heavy atom. The van der Waals surface area contributed by atoms with Crippen molar-refractivity contribution >= 4 is 0 Å². The molecule has 0 saturated heterocycles. The van der Waals surface area contributed by atoms with Crippen LogP contribution in [0.3, 0.4) is 0 Å². The minimum absolute atomic E-state index is 0.0220. The van der Waals surface area contributed by atoms with Gasteiger partial charge in [-0.15, -0.1) is 0 Å². The number of methoxy groups -OCH3 is 1. The maximum absolute atomic E-state index is 10.0. The first kappa shape index (κ1) is 14.1. The lowest BCUT2D eigenvalue weighted by Crippen LogP contribution is -3.10. The summed E-state index contributed by atoms with van der Waals surface area (Å²) in [5.74, 6) is 1.72. The number of hydrogen-bond donors (Lipinski definition) is 2. The Balaban J connectivity index is 1.92. The molecule has 2 N–H and O–H groups in total. The molecule has 118 valence electrons. The maximum Gasteiger partial charge on any atom is 0.166 e. The van der Waals surface area contributed by atoms with Crippen molar-refractivity contribution in [2.24, 2.45) is 0 Å². The second-order valence-corrected chi connectivity index (χ2v) is 6.72. The van der Waals surface area contributed by atoms with E-state index in [1.54, 1.807) is 12.0 Å². The molecule has 1 aliphatic carbocycles. The van der Waals surface area contributed by atoms with E-state index in [0.29, 0.717) is 6.42 Å². The number of hydrogen-bond acceptors (Lipinski definition) is 3. The van der Waals surface area contributed by atoms with E-state index in [4.69, 9.17) is 9.47 Å². The van der Waals surface area contributed by atoms with Crippen molar-refractivity contribution in [2.45, 2.75) is 43.9 Å². The number of ether oxygens (including phenoxy) is 2. The van der Waals surface area contributed by atoms with E-state index < -0.39 is 6.10 Å². The van der Waals surface area contributed by atoms with Gasteiger partial charge in [0.2, 0.25) is 0 Å². The maximum atomic E-state index is 10.0. The molecule has 4 heteroatoms. The van der Waals surface area contributed by atoms with Crippen molar-refractivity contribution in [3.63, 3.8) is 0 Å². The van der Waals surface area contributed by atoms with Crippen LogP contribution in [0, 0.1) is 0 Å². The molecular weight excluding hydrogens is 278 g/mol.